The number of hydrogen-bond donors (Lipinski definition) is 1. The highest BCUT2D eigenvalue weighted by atomic mass is 16.7. The summed E-state index contributed by atoms with van der Waals surface area (Å²) in [4.78, 5) is 15.5. The maximum absolute atomic E-state index is 10.8. The monoisotopic (exact) mass is 225 g/mol. The molecule has 2 aliphatic rings. The molecule has 0 saturated heterocycles. The van der Waals surface area contributed by atoms with Crippen molar-refractivity contribution in [3.8, 4) is 0 Å². The third-order valence-electron chi connectivity index (χ3n) is 4.46. The summed E-state index contributed by atoms with van der Waals surface area (Å²) in [5.41, 5.74) is 0.359. The van der Waals surface area contributed by atoms with E-state index < -0.39 is 12.1 Å². The van der Waals surface area contributed by atoms with E-state index >= 15 is 0 Å². The molecular formula is C12H19NO3. The Kier molecular flexibility index (Phi) is 2.38. The van der Waals surface area contributed by atoms with Gasteiger partial charge in [-0.3, -0.25) is 0 Å². The summed E-state index contributed by atoms with van der Waals surface area (Å²) in [6.07, 6.45) is 1.54. The Balaban J connectivity index is 2.31. The zero-order chi connectivity index (χ0) is 12.1. The van der Waals surface area contributed by atoms with Crippen LogP contribution in [0.25, 0.3) is 0 Å². The van der Waals surface area contributed by atoms with Crippen LogP contribution in [0.5, 0.6) is 0 Å². The Labute approximate surface area is 95.7 Å². The van der Waals surface area contributed by atoms with E-state index in [9.17, 15) is 9.90 Å². The number of fused-ring (bicyclic) bond motifs is 1. The Morgan fingerprint density at radius 1 is 1.50 bits per heavy atom. The topological polar surface area (TPSA) is 58.9 Å². The molecule has 0 radical (unpaired) electrons. The first-order valence-electron chi connectivity index (χ1n) is 5.74. The van der Waals surface area contributed by atoms with E-state index in [0.717, 1.165) is 12.8 Å². The fourth-order valence-corrected chi connectivity index (χ4v) is 3.38. The Bertz CT molecular complexity index is 361. The van der Waals surface area contributed by atoms with Crippen molar-refractivity contribution in [2.24, 2.45) is 21.9 Å². The second kappa shape index (κ2) is 3.29. The second-order valence-corrected chi connectivity index (χ2v) is 5.78. The van der Waals surface area contributed by atoms with Crippen molar-refractivity contribution in [2.45, 2.75) is 46.6 Å². The maximum Gasteiger partial charge on any atom is 0.331 e. The van der Waals surface area contributed by atoms with E-state index in [2.05, 4.69) is 25.9 Å². The van der Waals surface area contributed by atoms with Gasteiger partial charge in [0, 0.05) is 17.8 Å². The van der Waals surface area contributed by atoms with Crippen molar-refractivity contribution >= 4 is 11.7 Å². The number of oxime groups is 1. The van der Waals surface area contributed by atoms with Gasteiger partial charge in [-0.15, -0.1) is 0 Å². The van der Waals surface area contributed by atoms with Gasteiger partial charge in [-0.05, 0) is 18.8 Å². The van der Waals surface area contributed by atoms with E-state index in [0.29, 0.717) is 11.6 Å². The summed E-state index contributed by atoms with van der Waals surface area (Å²) < 4.78 is 0. The molecule has 0 heterocycles. The molecule has 16 heavy (non-hydrogen) atoms. The summed E-state index contributed by atoms with van der Waals surface area (Å²) in [6.45, 7) is 7.53. The minimum atomic E-state index is -0.583. The van der Waals surface area contributed by atoms with Crippen LogP contribution < -0.4 is 0 Å². The summed E-state index contributed by atoms with van der Waals surface area (Å²) in [5, 5.41) is 14.1. The minimum absolute atomic E-state index is 0.0809. The predicted molar refractivity (Wildman–Crippen MR) is 59.8 cm³/mol. The number of carbonyl (C=O) groups excluding carboxylic acids is 1. The quantitative estimate of drug-likeness (QED) is 0.546. The molecule has 0 aromatic heterocycles. The molecule has 0 aliphatic heterocycles. The number of carbonyl (C=O) groups is 1. The molecule has 1 N–H and O–H groups in total. The van der Waals surface area contributed by atoms with Crippen molar-refractivity contribution in [3.05, 3.63) is 0 Å². The van der Waals surface area contributed by atoms with Crippen LogP contribution in [0.3, 0.4) is 0 Å². The Morgan fingerprint density at radius 2 is 2.12 bits per heavy atom. The highest BCUT2D eigenvalue weighted by Gasteiger charge is 2.64. The largest absolute Gasteiger partial charge is 0.386 e. The standard InChI is InChI=1S/C12H19NO3/c1-7(14)16-13-9-10(15)12(4)6-5-8(12)11(9,2)3/h8,10,15H,5-6H2,1-4H3/b13-9+. The molecule has 0 bridgehead atoms. The van der Waals surface area contributed by atoms with E-state index in [1.54, 1.807) is 0 Å². The van der Waals surface area contributed by atoms with Gasteiger partial charge in [-0.25, -0.2) is 4.79 Å². The van der Waals surface area contributed by atoms with Crippen LogP contribution in [-0.4, -0.2) is 22.9 Å². The lowest BCUT2D eigenvalue weighted by Crippen LogP contribution is -2.43. The molecule has 2 aliphatic carbocycles. The maximum atomic E-state index is 10.8. The van der Waals surface area contributed by atoms with Crippen LogP contribution >= 0.6 is 0 Å². The van der Waals surface area contributed by atoms with Gasteiger partial charge >= 0.3 is 5.97 Å². The van der Waals surface area contributed by atoms with Gasteiger partial charge in [0.1, 0.15) is 6.10 Å². The number of nitrogens with zero attached hydrogens (tertiary/aromatic N) is 1. The number of aliphatic hydroxyl groups excluding tert-OH is 1. The highest BCUT2D eigenvalue weighted by Crippen LogP contribution is 2.63. The van der Waals surface area contributed by atoms with Gasteiger partial charge < -0.3 is 9.94 Å². The molecule has 90 valence electrons. The molecule has 4 heteroatoms. The molecule has 2 rings (SSSR count). The number of hydrogen-bond acceptors (Lipinski definition) is 4. The van der Waals surface area contributed by atoms with Gasteiger partial charge in [-0.1, -0.05) is 25.9 Å². The van der Waals surface area contributed by atoms with Crippen molar-refractivity contribution in [2.75, 3.05) is 0 Å². The molecule has 2 saturated carbocycles. The van der Waals surface area contributed by atoms with Crippen molar-refractivity contribution in [1.82, 2.24) is 0 Å². The highest BCUT2D eigenvalue weighted by molar-refractivity contribution is 5.97. The van der Waals surface area contributed by atoms with Gasteiger partial charge in [0.15, 0.2) is 0 Å². The minimum Gasteiger partial charge on any atom is -0.386 e. The average molecular weight is 225 g/mol. The predicted octanol–water partition coefficient (Wildman–Crippen LogP) is 1.72. The second-order valence-electron chi connectivity index (χ2n) is 5.78. The Hall–Kier alpha value is -0.900. The molecule has 0 aromatic rings. The number of rotatable bonds is 1. The Morgan fingerprint density at radius 3 is 2.44 bits per heavy atom. The van der Waals surface area contributed by atoms with Crippen molar-refractivity contribution in [3.63, 3.8) is 0 Å². The van der Waals surface area contributed by atoms with Crippen LogP contribution in [0.1, 0.15) is 40.5 Å². The fourth-order valence-electron chi connectivity index (χ4n) is 3.38. The zero-order valence-corrected chi connectivity index (χ0v) is 10.3. The molecule has 3 atom stereocenters. The number of aliphatic hydroxyl groups is 1. The van der Waals surface area contributed by atoms with E-state index in [1.165, 1.54) is 6.92 Å². The average Bonchev–Trinajstić information content (AvgIpc) is 2.20. The van der Waals surface area contributed by atoms with E-state index in [1.807, 2.05) is 0 Å². The van der Waals surface area contributed by atoms with E-state index in [-0.39, 0.29) is 10.8 Å². The molecule has 0 amide bonds. The third-order valence-corrected chi connectivity index (χ3v) is 4.46. The summed E-state index contributed by atoms with van der Waals surface area (Å²) in [7, 11) is 0. The smallest absolute Gasteiger partial charge is 0.331 e. The van der Waals surface area contributed by atoms with Crippen molar-refractivity contribution < 1.29 is 14.7 Å². The fraction of sp³-hybridized carbons (Fsp3) is 0.833. The van der Waals surface area contributed by atoms with Crippen LogP contribution in [0, 0.1) is 16.7 Å². The van der Waals surface area contributed by atoms with E-state index in [4.69, 9.17) is 4.84 Å². The lowest BCUT2D eigenvalue weighted by atomic mass is 9.57. The summed E-state index contributed by atoms with van der Waals surface area (Å²) >= 11 is 0. The first-order chi connectivity index (χ1) is 7.30. The van der Waals surface area contributed by atoms with Crippen LogP contribution in [0.2, 0.25) is 0 Å². The summed E-state index contributed by atoms with van der Waals surface area (Å²) in [6, 6.07) is 0. The first-order valence-corrected chi connectivity index (χ1v) is 5.74. The van der Waals surface area contributed by atoms with Gasteiger partial charge in [0.2, 0.25) is 0 Å². The van der Waals surface area contributed by atoms with Crippen LogP contribution in [0.15, 0.2) is 5.16 Å². The van der Waals surface area contributed by atoms with Crippen molar-refractivity contribution in [1.29, 1.82) is 0 Å². The first kappa shape index (κ1) is 11.6. The lowest BCUT2D eigenvalue weighted by molar-refractivity contribution is -0.141. The lowest BCUT2D eigenvalue weighted by Gasteiger charge is -2.47. The van der Waals surface area contributed by atoms with Gasteiger partial charge in [0.05, 0.1) is 5.71 Å². The van der Waals surface area contributed by atoms with Crippen LogP contribution in [-0.2, 0) is 9.63 Å². The zero-order valence-electron chi connectivity index (χ0n) is 10.3. The SMILES string of the molecule is CC(=O)O/N=C1\C(O)C2(C)CCC2C1(C)C. The molecule has 0 spiro atoms. The summed E-state index contributed by atoms with van der Waals surface area (Å²) in [5.74, 6) is -0.00999. The molecule has 0 aromatic carbocycles. The molecule has 4 nitrogen and oxygen atoms in total. The molecular weight excluding hydrogens is 206 g/mol. The normalized spacial score (nSPS) is 42.7. The molecule has 3 unspecified atom stereocenters. The van der Waals surface area contributed by atoms with Crippen LogP contribution in [0.4, 0.5) is 0 Å². The van der Waals surface area contributed by atoms with Gasteiger partial charge in [-0.2, -0.15) is 0 Å². The third kappa shape index (κ3) is 1.32. The molecule has 2 fully saturated rings. The van der Waals surface area contributed by atoms with Gasteiger partial charge in [0.25, 0.3) is 0 Å².